The van der Waals surface area contributed by atoms with Gasteiger partial charge in [0.2, 0.25) is 0 Å². The van der Waals surface area contributed by atoms with Gasteiger partial charge in [-0.25, -0.2) is 19.2 Å². The summed E-state index contributed by atoms with van der Waals surface area (Å²) >= 11 is 0. The van der Waals surface area contributed by atoms with Crippen molar-refractivity contribution in [3.05, 3.63) is 84.5 Å². The number of ether oxygens (including phenoxy) is 3. The molecule has 1 N–H and O–H groups in total. The van der Waals surface area contributed by atoms with Crippen LogP contribution in [0.5, 0.6) is 0 Å². The van der Waals surface area contributed by atoms with Crippen LogP contribution < -0.4 is 0 Å². The first kappa shape index (κ1) is 37.2. The topological polar surface area (TPSA) is 116 Å². The molecule has 0 radical (unpaired) electrons. The van der Waals surface area contributed by atoms with Crippen molar-refractivity contribution < 1.29 is 38.5 Å². The number of benzene rings is 1. The molecule has 0 fully saturated rings. The lowest BCUT2D eigenvalue weighted by atomic mass is 10.0. The monoisotopic (exact) mass is 544 g/mol. The van der Waals surface area contributed by atoms with E-state index in [1.54, 1.807) is 6.92 Å². The van der Waals surface area contributed by atoms with E-state index in [0.29, 0.717) is 24.7 Å². The molecule has 1 unspecified atom stereocenters. The van der Waals surface area contributed by atoms with Crippen molar-refractivity contribution in [3.63, 3.8) is 0 Å². The van der Waals surface area contributed by atoms with Crippen molar-refractivity contribution in [1.29, 1.82) is 0 Å². The third kappa shape index (κ3) is 20.8. The second kappa shape index (κ2) is 23.2. The summed E-state index contributed by atoms with van der Waals surface area (Å²) in [5, 5.41) is 8.48. The van der Waals surface area contributed by atoms with E-state index in [2.05, 4.69) is 38.3 Å². The summed E-state index contributed by atoms with van der Waals surface area (Å²) in [6.45, 7) is 18.5. The second-order valence-corrected chi connectivity index (χ2v) is 8.58. The number of carbonyl (C=O) groups excluding carboxylic acids is 3. The Bertz CT molecular complexity index is 960. The Hall–Kier alpha value is -3.94. The zero-order valence-corrected chi connectivity index (χ0v) is 24.0. The smallest absolute Gasteiger partial charge is 0.333 e. The third-order valence-corrected chi connectivity index (χ3v) is 5.20. The van der Waals surface area contributed by atoms with Gasteiger partial charge in [0.15, 0.2) is 0 Å². The molecular weight excluding hydrogens is 500 g/mol. The number of unbranched alkanes of at least 4 members (excludes halogenated alkanes) is 1. The summed E-state index contributed by atoms with van der Waals surface area (Å²) in [5.41, 5.74) is 1.83. The Morgan fingerprint density at radius 3 is 2.08 bits per heavy atom. The van der Waals surface area contributed by atoms with Gasteiger partial charge in [0.05, 0.1) is 13.7 Å². The Kier molecular flexibility index (Phi) is 22.1. The van der Waals surface area contributed by atoms with Crippen LogP contribution in [0.15, 0.2) is 78.9 Å². The summed E-state index contributed by atoms with van der Waals surface area (Å²) < 4.78 is 14.3. The van der Waals surface area contributed by atoms with Crippen LogP contribution in [0, 0.1) is 5.92 Å². The molecule has 1 aromatic carbocycles. The Morgan fingerprint density at radius 1 is 1.00 bits per heavy atom. The molecule has 0 amide bonds. The zero-order valence-electron chi connectivity index (χ0n) is 24.0. The highest BCUT2D eigenvalue weighted by atomic mass is 16.5. The van der Waals surface area contributed by atoms with E-state index in [9.17, 15) is 19.2 Å². The summed E-state index contributed by atoms with van der Waals surface area (Å²) in [6.07, 6.45) is 7.47. The number of methoxy groups -OCH3 is 1. The van der Waals surface area contributed by atoms with E-state index in [1.807, 2.05) is 30.3 Å². The van der Waals surface area contributed by atoms with E-state index in [4.69, 9.17) is 14.6 Å². The summed E-state index contributed by atoms with van der Waals surface area (Å²) in [4.78, 5) is 42.9. The molecule has 1 aromatic rings. The summed E-state index contributed by atoms with van der Waals surface area (Å²) in [7, 11) is 1.25. The van der Waals surface area contributed by atoms with Gasteiger partial charge >= 0.3 is 23.9 Å². The van der Waals surface area contributed by atoms with Gasteiger partial charge in [-0.2, -0.15) is 0 Å². The number of allylic oxidation sites excluding steroid dienone is 1. The summed E-state index contributed by atoms with van der Waals surface area (Å²) in [6, 6.07) is 9.55. The fourth-order valence-electron chi connectivity index (χ4n) is 2.59. The van der Waals surface area contributed by atoms with Gasteiger partial charge in [0, 0.05) is 22.8 Å². The van der Waals surface area contributed by atoms with E-state index in [1.165, 1.54) is 39.0 Å². The van der Waals surface area contributed by atoms with Gasteiger partial charge in [0.25, 0.3) is 0 Å². The van der Waals surface area contributed by atoms with Crippen molar-refractivity contribution in [1.82, 2.24) is 0 Å². The van der Waals surface area contributed by atoms with E-state index in [0.717, 1.165) is 18.4 Å². The molecule has 0 heterocycles. The first-order chi connectivity index (χ1) is 18.4. The van der Waals surface area contributed by atoms with Crippen LogP contribution >= 0.6 is 0 Å². The van der Waals surface area contributed by atoms with Gasteiger partial charge < -0.3 is 19.3 Å². The lowest BCUT2D eigenvalue weighted by Crippen LogP contribution is -2.12. The molecule has 0 bridgehead atoms. The van der Waals surface area contributed by atoms with E-state index in [-0.39, 0.29) is 29.5 Å². The number of hydrogen-bond donors (Lipinski definition) is 1. The van der Waals surface area contributed by atoms with E-state index < -0.39 is 11.9 Å². The lowest BCUT2D eigenvalue weighted by molar-refractivity contribution is -0.140. The molecule has 8 nitrogen and oxygen atoms in total. The van der Waals surface area contributed by atoms with Gasteiger partial charge in [0.1, 0.15) is 6.61 Å². The molecule has 8 heteroatoms. The second-order valence-electron chi connectivity index (χ2n) is 8.58. The lowest BCUT2D eigenvalue weighted by Gasteiger charge is -2.13. The number of rotatable bonds is 14. The van der Waals surface area contributed by atoms with Gasteiger partial charge in [-0.05, 0) is 38.2 Å². The number of esters is 3. The molecule has 0 saturated heterocycles. The zero-order chi connectivity index (χ0) is 30.2. The molecule has 39 heavy (non-hydrogen) atoms. The molecule has 216 valence electrons. The Morgan fingerprint density at radius 2 is 1.62 bits per heavy atom. The first-order valence-electron chi connectivity index (χ1n) is 12.7. The molecule has 0 aromatic heterocycles. The number of carbonyl (C=O) groups is 4. The Labute approximate surface area is 233 Å². The minimum Gasteiger partial charge on any atom is -0.478 e. The molecule has 1 rings (SSSR count). The predicted octanol–water partition coefficient (Wildman–Crippen LogP) is 6.37. The predicted molar refractivity (Wildman–Crippen MR) is 153 cm³/mol. The van der Waals surface area contributed by atoms with Crippen LogP contribution in [0.25, 0.3) is 0 Å². The third-order valence-electron chi connectivity index (χ3n) is 5.20. The molecular formula is C31H44O8. The van der Waals surface area contributed by atoms with Crippen LogP contribution in [0.2, 0.25) is 0 Å². The molecule has 0 aliphatic heterocycles. The van der Waals surface area contributed by atoms with Crippen LogP contribution in [-0.4, -0.2) is 42.7 Å². The van der Waals surface area contributed by atoms with Crippen molar-refractivity contribution in [3.8, 4) is 0 Å². The maximum atomic E-state index is 11.0. The number of aliphatic carboxylic acids is 1. The maximum absolute atomic E-state index is 11.0. The maximum Gasteiger partial charge on any atom is 0.333 e. The number of carboxylic acids is 1. The molecule has 0 aliphatic rings. The van der Waals surface area contributed by atoms with Gasteiger partial charge in [-0.1, -0.05) is 89.3 Å². The minimum atomic E-state index is -1.00. The van der Waals surface area contributed by atoms with E-state index >= 15 is 0 Å². The standard InChI is InChI=1S/C11H12O2.C11H20O2.C9H12O4/c1-9(2)11(12)13-8-10-6-4-3-5-7-10;1-4-7-8-10(5-2)9-13-11(12)6-3;1-6(8(10)11)4-5-7(2)9(12)13-3/h3-7H,1,8H2,2H3;6,10H,3-5,7-9H2,1-2H3;4H,2,5H2,1,3H3,(H,10,11). The number of carboxylic acid groups (broad SMARTS) is 1. The van der Waals surface area contributed by atoms with Crippen molar-refractivity contribution in [2.24, 2.45) is 5.92 Å². The van der Waals surface area contributed by atoms with Gasteiger partial charge in [-0.15, -0.1) is 0 Å². The average molecular weight is 545 g/mol. The van der Waals surface area contributed by atoms with Crippen LogP contribution in [0.1, 0.15) is 65.4 Å². The van der Waals surface area contributed by atoms with Crippen LogP contribution in [-0.2, 0) is 40.0 Å². The number of hydrogen-bond acceptors (Lipinski definition) is 7. The van der Waals surface area contributed by atoms with Crippen LogP contribution in [0.4, 0.5) is 0 Å². The highest BCUT2D eigenvalue weighted by molar-refractivity contribution is 5.89. The van der Waals surface area contributed by atoms with Crippen LogP contribution in [0.3, 0.4) is 0 Å². The molecule has 1 atom stereocenters. The Balaban J connectivity index is 0. The quantitative estimate of drug-likeness (QED) is 0.163. The normalized spacial score (nSPS) is 10.7. The first-order valence-corrected chi connectivity index (χ1v) is 12.7. The fraction of sp³-hybridized carbons (Fsp3) is 0.419. The largest absolute Gasteiger partial charge is 0.478 e. The van der Waals surface area contributed by atoms with Crippen molar-refractivity contribution in [2.75, 3.05) is 13.7 Å². The SMILES string of the molecule is C=C(C)C(=O)OCc1ccccc1.C=C(CC=C(C)C(=O)O)C(=O)OC.C=CC(=O)OCC(CC)CCCC. The highest BCUT2D eigenvalue weighted by Gasteiger charge is 2.08. The molecule has 0 aliphatic carbocycles. The van der Waals surface area contributed by atoms with Gasteiger partial charge in [-0.3, -0.25) is 0 Å². The average Bonchev–Trinajstić information content (AvgIpc) is 2.94. The molecule has 0 saturated carbocycles. The molecule has 0 spiro atoms. The summed E-state index contributed by atoms with van der Waals surface area (Å²) in [5.74, 6) is -1.66. The fourth-order valence-corrected chi connectivity index (χ4v) is 2.59. The van der Waals surface area contributed by atoms with Crippen molar-refractivity contribution in [2.45, 2.75) is 66.4 Å². The highest BCUT2D eigenvalue weighted by Crippen LogP contribution is 2.12. The van der Waals surface area contributed by atoms with Crippen molar-refractivity contribution >= 4 is 23.9 Å². The minimum absolute atomic E-state index is 0.185.